The minimum Gasteiger partial charge on any atom is -0.500 e. The molecule has 0 spiro atoms. The highest BCUT2D eigenvalue weighted by Gasteiger charge is 2.49. The quantitative estimate of drug-likeness (QED) is 0.452. The molecule has 192 valence electrons. The molecule has 1 aliphatic heterocycles. The first-order valence-electron chi connectivity index (χ1n) is 11.7. The van der Waals surface area contributed by atoms with Crippen molar-refractivity contribution in [3.8, 4) is 11.5 Å². The molecule has 10 heteroatoms. The van der Waals surface area contributed by atoms with Gasteiger partial charge >= 0.3 is 11.7 Å². The van der Waals surface area contributed by atoms with Crippen LogP contribution in [-0.4, -0.2) is 51.2 Å². The molecule has 0 fully saturated rings. The molecule has 0 unspecified atom stereocenters. The van der Waals surface area contributed by atoms with Crippen LogP contribution in [0.3, 0.4) is 0 Å². The van der Waals surface area contributed by atoms with E-state index in [1.54, 1.807) is 4.90 Å². The summed E-state index contributed by atoms with van der Waals surface area (Å²) in [4.78, 5) is 51.8. The minimum atomic E-state index is -1.10. The Morgan fingerprint density at radius 2 is 1.56 bits per heavy atom. The van der Waals surface area contributed by atoms with E-state index >= 15 is 0 Å². The largest absolute Gasteiger partial charge is 0.500 e. The number of carboxylic acid groups (broad SMARTS) is 1. The monoisotopic (exact) mass is 498 g/mol. The summed E-state index contributed by atoms with van der Waals surface area (Å²) in [6.45, 7) is 7.30. The summed E-state index contributed by atoms with van der Waals surface area (Å²) in [5.41, 5.74) is 0.407. The van der Waals surface area contributed by atoms with Gasteiger partial charge < -0.3 is 19.8 Å². The third-order valence-corrected chi connectivity index (χ3v) is 7.14. The number of allylic oxidation sites excluding steroid dienone is 4. The molecule has 2 N–H and O–H groups in total. The molecule has 0 amide bonds. The van der Waals surface area contributed by atoms with Crippen molar-refractivity contribution < 1.29 is 34.3 Å². The van der Waals surface area contributed by atoms with Gasteiger partial charge in [0.25, 0.3) is 0 Å². The molecule has 2 aliphatic carbocycles. The number of ketones is 2. The van der Waals surface area contributed by atoms with E-state index in [1.165, 1.54) is 19.2 Å². The van der Waals surface area contributed by atoms with Gasteiger partial charge in [0.15, 0.2) is 17.3 Å². The third kappa shape index (κ3) is 4.25. The summed E-state index contributed by atoms with van der Waals surface area (Å²) in [6.07, 6.45) is 1.17. The lowest BCUT2D eigenvalue weighted by Crippen LogP contribution is -2.45. The van der Waals surface area contributed by atoms with Crippen molar-refractivity contribution >= 4 is 23.2 Å². The maximum atomic E-state index is 13.6. The highest BCUT2D eigenvalue weighted by Crippen LogP contribution is 2.55. The number of carboxylic acids is 1. The molecule has 1 heterocycles. The second kappa shape index (κ2) is 8.46. The maximum Gasteiger partial charge on any atom is 0.323 e. The number of carbonyl (C=O) groups is 3. The molecule has 0 saturated carbocycles. The average Bonchev–Trinajstić information content (AvgIpc) is 2.73. The number of nitro benzene ring substituents is 1. The summed E-state index contributed by atoms with van der Waals surface area (Å²) in [6, 6.07) is 2.58. The number of ether oxygens (including phenoxy) is 1. The number of nitro groups is 1. The molecule has 4 rings (SSSR count). The highest BCUT2D eigenvalue weighted by atomic mass is 16.6. The van der Waals surface area contributed by atoms with Crippen LogP contribution in [0, 0.1) is 20.9 Å². The zero-order chi connectivity index (χ0) is 26.7. The molecule has 0 bridgehead atoms. The molecular formula is C26H30N2O8. The first kappa shape index (κ1) is 25.4. The first-order valence-corrected chi connectivity index (χ1v) is 11.7. The fourth-order valence-corrected chi connectivity index (χ4v) is 5.78. The van der Waals surface area contributed by atoms with Crippen LogP contribution in [0.5, 0.6) is 11.5 Å². The number of nitrogens with zero attached hydrogens (tertiary/aromatic N) is 2. The predicted molar refractivity (Wildman–Crippen MR) is 128 cm³/mol. The summed E-state index contributed by atoms with van der Waals surface area (Å²) >= 11 is 0. The average molecular weight is 499 g/mol. The summed E-state index contributed by atoms with van der Waals surface area (Å²) < 4.78 is 5.19. The van der Waals surface area contributed by atoms with Gasteiger partial charge in [-0.2, -0.15) is 0 Å². The molecular weight excluding hydrogens is 468 g/mol. The van der Waals surface area contributed by atoms with Crippen LogP contribution in [0.4, 0.5) is 5.69 Å². The number of carbonyl (C=O) groups excluding carboxylic acids is 2. The number of phenols is 1. The number of aromatic hydroxyl groups is 1. The lowest BCUT2D eigenvalue weighted by atomic mass is 9.63. The Balaban J connectivity index is 2.07. The number of Topliss-reactive ketones (excluding diaryl/α,β-unsaturated/α-hetero) is 2. The van der Waals surface area contributed by atoms with E-state index < -0.39 is 45.6 Å². The fraction of sp³-hybridized carbons (Fsp3) is 0.500. The van der Waals surface area contributed by atoms with E-state index in [9.17, 15) is 34.7 Å². The molecule has 1 aromatic rings. The van der Waals surface area contributed by atoms with Crippen LogP contribution >= 0.6 is 0 Å². The normalized spacial score (nSPS) is 21.3. The standard InChI is InChI=1S/C26H30N2O8/c1-25(2)8-15-22(17(29)10-25)21(13-6-14(28(34)35)24(33)19(7-13)36-5)23-16(27(15)12-20(31)32)9-26(3,4)11-18(23)30/h6-7,21,33H,8-12H2,1-5H3,(H,31,32). The van der Waals surface area contributed by atoms with E-state index in [0.29, 0.717) is 24.2 Å². The van der Waals surface area contributed by atoms with E-state index in [1.807, 2.05) is 27.7 Å². The number of hydrogen-bond donors (Lipinski definition) is 2. The second-order valence-corrected chi connectivity index (χ2v) is 11.4. The van der Waals surface area contributed by atoms with Crippen LogP contribution in [0.15, 0.2) is 34.7 Å². The van der Waals surface area contributed by atoms with Gasteiger partial charge in [0.1, 0.15) is 6.54 Å². The summed E-state index contributed by atoms with van der Waals surface area (Å²) in [5, 5.41) is 31.8. The number of rotatable bonds is 5. The van der Waals surface area contributed by atoms with Gasteiger partial charge in [-0.25, -0.2) is 0 Å². The zero-order valence-electron chi connectivity index (χ0n) is 21.0. The minimum absolute atomic E-state index is 0.149. The van der Waals surface area contributed by atoms with Gasteiger partial charge in [0, 0.05) is 47.4 Å². The molecule has 1 aromatic carbocycles. The topological polar surface area (TPSA) is 147 Å². The Morgan fingerprint density at radius 3 is 1.97 bits per heavy atom. The van der Waals surface area contributed by atoms with Gasteiger partial charge in [-0.1, -0.05) is 27.7 Å². The van der Waals surface area contributed by atoms with Gasteiger partial charge in [-0.3, -0.25) is 24.5 Å². The molecule has 0 radical (unpaired) electrons. The van der Waals surface area contributed by atoms with Gasteiger partial charge in [0.05, 0.1) is 12.0 Å². The number of benzene rings is 1. The van der Waals surface area contributed by atoms with Crippen molar-refractivity contribution in [3.63, 3.8) is 0 Å². The molecule has 0 saturated heterocycles. The van der Waals surface area contributed by atoms with E-state index in [4.69, 9.17) is 4.74 Å². The van der Waals surface area contributed by atoms with Crippen LogP contribution in [0.1, 0.15) is 64.9 Å². The highest BCUT2D eigenvalue weighted by molar-refractivity contribution is 6.07. The van der Waals surface area contributed by atoms with Crippen LogP contribution in [0.25, 0.3) is 0 Å². The second-order valence-electron chi connectivity index (χ2n) is 11.4. The Bertz CT molecular complexity index is 1220. The smallest absolute Gasteiger partial charge is 0.323 e. The maximum absolute atomic E-state index is 13.6. The van der Waals surface area contributed by atoms with Crippen molar-refractivity contribution in [1.82, 2.24) is 4.90 Å². The third-order valence-electron chi connectivity index (χ3n) is 7.14. The zero-order valence-corrected chi connectivity index (χ0v) is 21.0. The van der Waals surface area contributed by atoms with Gasteiger partial charge in [0.2, 0.25) is 5.75 Å². The summed E-state index contributed by atoms with van der Waals surface area (Å²) in [5.74, 6) is -3.30. The van der Waals surface area contributed by atoms with Crippen molar-refractivity contribution in [3.05, 3.63) is 50.4 Å². The van der Waals surface area contributed by atoms with E-state index in [-0.39, 0.29) is 46.9 Å². The van der Waals surface area contributed by atoms with Crippen molar-refractivity contribution in [2.75, 3.05) is 13.7 Å². The Morgan fingerprint density at radius 1 is 1.06 bits per heavy atom. The SMILES string of the molecule is COc1cc(C2C3=C(CC(C)(C)CC3=O)N(CC(=O)O)C3=C2C(=O)CC(C)(C)C3)cc([N+](=O)[O-])c1O. The van der Waals surface area contributed by atoms with Gasteiger partial charge in [-0.15, -0.1) is 0 Å². The van der Waals surface area contributed by atoms with E-state index in [0.717, 1.165) is 0 Å². The molecule has 0 aromatic heterocycles. The number of aliphatic carboxylic acids is 1. The number of methoxy groups -OCH3 is 1. The van der Waals surface area contributed by atoms with Crippen molar-refractivity contribution in [2.45, 2.75) is 59.3 Å². The van der Waals surface area contributed by atoms with Crippen LogP contribution in [-0.2, 0) is 14.4 Å². The predicted octanol–water partition coefficient (Wildman–Crippen LogP) is 4.08. The van der Waals surface area contributed by atoms with Crippen molar-refractivity contribution in [2.24, 2.45) is 10.8 Å². The van der Waals surface area contributed by atoms with Crippen molar-refractivity contribution in [1.29, 1.82) is 0 Å². The molecule has 0 atom stereocenters. The molecule has 10 nitrogen and oxygen atoms in total. The Labute approximate surface area is 208 Å². The summed E-state index contributed by atoms with van der Waals surface area (Å²) in [7, 11) is 1.26. The Kier molecular flexibility index (Phi) is 5.97. The lowest BCUT2D eigenvalue weighted by molar-refractivity contribution is -0.386. The van der Waals surface area contributed by atoms with Crippen LogP contribution < -0.4 is 4.74 Å². The Hall–Kier alpha value is -3.69. The fourth-order valence-electron chi connectivity index (χ4n) is 5.78. The lowest BCUT2D eigenvalue weighted by Gasteiger charge is -2.48. The number of phenolic OH excluding ortho intramolecular Hbond substituents is 1. The van der Waals surface area contributed by atoms with Gasteiger partial charge in [-0.05, 0) is 35.3 Å². The number of hydrogen-bond acceptors (Lipinski definition) is 8. The molecule has 3 aliphatic rings. The first-order chi connectivity index (χ1) is 16.7. The van der Waals surface area contributed by atoms with E-state index in [2.05, 4.69) is 0 Å². The molecule has 36 heavy (non-hydrogen) atoms. The van der Waals surface area contributed by atoms with Crippen LogP contribution in [0.2, 0.25) is 0 Å².